The predicted molar refractivity (Wildman–Crippen MR) is 64.3 cm³/mol. The summed E-state index contributed by atoms with van der Waals surface area (Å²) in [6.45, 7) is 6.70. The van der Waals surface area contributed by atoms with E-state index in [1.165, 1.54) is 39.4 Å². The van der Waals surface area contributed by atoms with Gasteiger partial charge in [0.05, 0.1) is 6.10 Å². The molecule has 1 rings (SSSR count). The summed E-state index contributed by atoms with van der Waals surface area (Å²) in [4.78, 5) is 0. The Hall–Kier alpha value is 0.0249. The van der Waals surface area contributed by atoms with Gasteiger partial charge in [0.25, 0.3) is 0 Å². The first-order valence-corrected chi connectivity index (χ1v) is 6.34. The lowest BCUT2D eigenvalue weighted by Gasteiger charge is -2.19. The number of unbranched alkanes of at least 4 members (excludes halogenated alkanes) is 3. The lowest BCUT2D eigenvalue weighted by molar-refractivity contribution is 0.112. The van der Waals surface area contributed by atoms with E-state index < -0.39 is 0 Å². The zero-order valence-corrected chi connectivity index (χ0v) is 10.00. The average Bonchev–Trinajstić information content (AvgIpc) is 2.88. The summed E-state index contributed by atoms with van der Waals surface area (Å²) < 4.78 is 0. The lowest BCUT2D eigenvalue weighted by atomic mass is 9.88. The molecule has 4 atom stereocenters. The normalized spacial score (nSPS) is 29.4. The molecule has 4 unspecified atom stereocenters. The van der Waals surface area contributed by atoms with Crippen molar-refractivity contribution in [1.29, 1.82) is 0 Å². The Bertz CT molecular complexity index is 160. The van der Waals surface area contributed by atoms with E-state index in [4.69, 9.17) is 0 Å². The Morgan fingerprint density at radius 2 is 1.93 bits per heavy atom. The van der Waals surface area contributed by atoms with Crippen LogP contribution in [-0.4, -0.2) is 18.5 Å². The molecule has 82 valence electrons. The Morgan fingerprint density at radius 1 is 1.29 bits per heavy atom. The Balaban J connectivity index is 2.05. The molecule has 0 bridgehead atoms. The number of aliphatic hydroxyl groups excluding tert-OH is 1. The van der Waals surface area contributed by atoms with Crippen molar-refractivity contribution in [3.63, 3.8) is 0 Å². The van der Waals surface area contributed by atoms with Gasteiger partial charge in [-0.3, -0.25) is 0 Å². The first-order chi connectivity index (χ1) is 6.66. The fraction of sp³-hybridized carbons (Fsp3) is 1.00. The van der Waals surface area contributed by atoms with E-state index >= 15 is 0 Å². The molecule has 0 radical (unpaired) electrons. The summed E-state index contributed by atoms with van der Waals surface area (Å²) in [7, 11) is 1.25. The smallest absolute Gasteiger partial charge is 0.129 e. The van der Waals surface area contributed by atoms with Crippen molar-refractivity contribution in [3.8, 4) is 0 Å². The molecule has 1 saturated heterocycles. The second-order valence-corrected chi connectivity index (χ2v) is 5.19. The minimum absolute atomic E-state index is 0.0216. The van der Waals surface area contributed by atoms with Gasteiger partial charge in [0.2, 0.25) is 0 Å². The van der Waals surface area contributed by atoms with Gasteiger partial charge in [0, 0.05) is 0 Å². The highest BCUT2D eigenvalue weighted by atomic mass is 16.3. The van der Waals surface area contributed by atoms with Crippen molar-refractivity contribution in [1.82, 2.24) is 0 Å². The van der Waals surface area contributed by atoms with Crippen LogP contribution in [0.15, 0.2) is 0 Å². The maximum absolute atomic E-state index is 9.98. The van der Waals surface area contributed by atoms with Crippen LogP contribution in [0, 0.1) is 5.92 Å². The van der Waals surface area contributed by atoms with Crippen molar-refractivity contribution < 1.29 is 5.11 Å². The van der Waals surface area contributed by atoms with Crippen molar-refractivity contribution in [2.24, 2.45) is 5.92 Å². The van der Waals surface area contributed by atoms with Crippen LogP contribution in [0.3, 0.4) is 0 Å². The van der Waals surface area contributed by atoms with E-state index in [0.717, 1.165) is 5.82 Å². The standard InChI is InChI=1S/C12H25BO/c1-4-5-6-7-8-9(2)12(14)11-10(3)13-11/h9-14H,4-8H2,1-3H3. The van der Waals surface area contributed by atoms with Crippen molar-refractivity contribution >= 4 is 7.28 Å². The molecule has 1 aliphatic heterocycles. The molecule has 2 heteroatoms. The third kappa shape index (κ3) is 3.64. The molecule has 0 amide bonds. The molecule has 0 aliphatic carbocycles. The molecule has 1 aliphatic rings. The van der Waals surface area contributed by atoms with Gasteiger partial charge in [-0.1, -0.05) is 52.3 Å². The molecule has 14 heavy (non-hydrogen) atoms. The summed E-state index contributed by atoms with van der Waals surface area (Å²) in [5.74, 6) is 1.92. The number of hydrogen-bond acceptors (Lipinski definition) is 1. The zero-order chi connectivity index (χ0) is 10.6. The van der Waals surface area contributed by atoms with Gasteiger partial charge in [-0.2, -0.15) is 0 Å². The third-order valence-electron chi connectivity index (χ3n) is 3.71. The first-order valence-electron chi connectivity index (χ1n) is 6.34. The maximum atomic E-state index is 9.98. The summed E-state index contributed by atoms with van der Waals surface area (Å²) >= 11 is 0. The van der Waals surface area contributed by atoms with E-state index in [0.29, 0.717) is 11.7 Å². The molecule has 1 nitrogen and oxygen atoms in total. The largest absolute Gasteiger partial charge is 0.393 e. The minimum atomic E-state index is -0.0216. The average molecular weight is 196 g/mol. The third-order valence-corrected chi connectivity index (χ3v) is 3.71. The van der Waals surface area contributed by atoms with Gasteiger partial charge >= 0.3 is 0 Å². The van der Waals surface area contributed by atoms with Gasteiger partial charge in [0.15, 0.2) is 0 Å². The number of aliphatic hydroxyl groups is 1. The molecule has 0 aromatic carbocycles. The first kappa shape index (κ1) is 12.1. The molecular weight excluding hydrogens is 171 g/mol. The number of rotatable bonds is 7. The van der Waals surface area contributed by atoms with Crippen LogP contribution in [0.4, 0.5) is 0 Å². The Morgan fingerprint density at radius 3 is 2.43 bits per heavy atom. The van der Waals surface area contributed by atoms with Crippen LogP contribution in [0.1, 0.15) is 52.9 Å². The topological polar surface area (TPSA) is 20.2 Å². The highest BCUT2D eigenvalue weighted by Gasteiger charge is 2.41. The van der Waals surface area contributed by atoms with Crippen LogP contribution in [0.2, 0.25) is 11.6 Å². The van der Waals surface area contributed by atoms with Crippen molar-refractivity contribution in [2.45, 2.75) is 70.6 Å². The van der Waals surface area contributed by atoms with E-state index in [-0.39, 0.29) is 6.10 Å². The fourth-order valence-corrected chi connectivity index (χ4v) is 2.31. The SMILES string of the molecule is CCCCCCC(C)C(O)C1BC1C. The summed E-state index contributed by atoms with van der Waals surface area (Å²) in [6.07, 6.45) is 6.48. The molecular formula is C12H25BO. The highest BCUT2D eigenvalue weighted by molar-refractivity contribution is 6.53. The molecule has 1 N–H and O–H groups in total. The molecule has 0 saturated carbocycles. The summed E-state index contributed by atoms with van der Waals surface area (Å²) in [6, 6.07) is 0. The van der Waals surface area contributed by atoms with Gasteiger partial charge in [-0.25, -0.2) is 0 Å². The van der Waals surface area contributed by atoms with Crippen LogP contribution >= 0.6 is 0 Å². The summed E-state index contributed by atoms with van der Waals surface area (Å²) in [5.41, 5.74) is 0. The van der Waals surface area contributed by atoms with Crippen molar-refractivity contribution in [3.05, 3.63) is 0 Å². The van der Waals surface area contributed by atoms with E-state index in [1.54, 1.807) is 0 Å². The zero-order valence-electron chi connectivity index (χ0n) is 10.00. The van der Waals surface area contributed by atoms with Gasteiger partial charge in [-0.15, -0.1) is 0 Å². The van der Waals surface area contributed by atoms with E-state index in [2.05, 4.69) is 20.8 Å². The predicted octanol–water partition coefficient (Wildman–Crippen LogP) is 3.00. The summed E-state index contributed by atoms with van der Waals surface area (Å²) in [5, 5.41) is 9.98. The molecule has 1 heterocycles. The van der Waals surface area contributed by atoms with Gasteiger partial charge in [-0.05, 0) is 18.2 Å². The molecule has 1 fully saturated rings. The Labute approximate surface area is 89.5 Å². The van der Waals surface area contributed by atoms with E-state index in [9.17, 15) is 5.11 Å². The lowest BCUT2D eigenvalue weighted by Crippen LogP contribution is -2.18. The quantitative estimate of drug-likeness (QED) is 0.490. The fourth-order valence-electron chi connectivity index (χ4n) is 2.31. The maximum Gasteiger partial charge on any atom is 0.129 e. The van der Waals surface area contributed by atoms with Crippen LogP contribution in [-0.2, 0) is 0 Å². The van der Waals surface area contributed by atoms with Gasteiger partial charge < -0.3 is 5.11 Å². The van der Waals surface area contributed by atoms with Crippen LogP contribution in [0.25, 0.3) is 0 Å². The van der Waals surface area contributed by atoms with Crippen molar-refractivity contribution in [2.75, 3.05) is 0 Å². The molecule has 0 aromatic rings. The van der Waals surface area contributed by atoms with Crippen LogP contribution < -0.4 is 0 Å². The van der Waals surface area contributed by atoms with Gasteiger partial charge in [0.1, 0.15) is 7.28 Å². The Kier molecular flexibility index (Phi) is 5.01. The number of hydrogen-bond donors (Lipinski definition) is 1. The second-order valence-electron chi connectivity index (χ2n) is 5.19. The van der Waals surface area contributed by atoms with Crippen LogP contribution in [0.5, 0.6) is 0 Å². The molecule has 0 spiro atoms. The second kappa shape index (κ2) is 5.80. The molecule has 0 aromatic heterocycles. The monoisotopic (exact) mass is 196 g/mol. The highest BCUT2D eigenvalue weighted by Crippen LogP contribution is 2.46. The van der Waals surface area contributed by atoms with E-state index in [1.807, 2.05) is 0 Å². The minimum Gasteiger partial charge on any atom is -0.393 e.